The van der Waals surface area contributed by atoms with Crippen LogP contribution in [-0.2, 0) is 11.3 Å². The number of oxazole rings is 1. The highest BCUT2D eigenvalue weighted by molar-refractivity contribution is 5.88. The standard InChI is InChI=1S/C25H26N4O5/c1-14-10-11-18(12-15(14)2)29-16(3)22(27-28-29)25(30)33-13-20-17(4)34-24(26-20)19-8-7-9-21(31-5)23(19)32-6/h7-12H,13H2,1-6H3. The highest BCUT2D eigenvalue weighted by Crippen LogP contribution is 2.38. The topological polar surface area (TPSA) is 102 Å². The number of esters is 1. The summed E-state index contributed by atoms with van der Waals surface area (Å²) in [5.41, 5.74) is 5.00. The fourth-order valence-electron chi connectivity index (χ4n) is 3.56. The fraction of sp³-hybridized carbons (Fsp3) is 0.280. The summed E-state index contributed by atoms with van der Waals surface area (Å²) < 4.78 is 23.7. The first-order valence-electron chi connectivity index (χ1n) is 10.7. The van der Waals surface area contributed by atoms with Crippen LogP contribution in [0.3, 0.4) is 0 Å². The number of carbonyl (C=O) groups excluding carboxylic acids is 1. The van der Waals surface area contributed by atoms with E-state index in [1.807, 2.05) is 44.2 Å². The van der Waals surface area contributed by atoms with Crippen LogP contribution in [0.1, 0.15) is 38.8 Å². The highest BCUT2D eigenvalue weighted by Gasteiger charge is 2.22. The van der Waals surface area contributed by atoms with Crippen LogP contribution < -0.4 is 9.47 Å². The number of carbonyl (C=O) groups is 1. The molecule has 0 aliphatic carbocycles. The van der Waals surface area contributed by atoms with Crippen molar-refractivity contribution in [2.24, 2.45) is 0 Å². The summed E-state index contributed by atoms with van der Waals surface area (Å²) in [6, 6.07) is 11.4. The minimum absolute atomic E-state index is 0.0730. The molecule has 176 valence electrons. The second-order valence-electron chi connectivity index (χ2n) is 7.84. The van der Waals surface area contributed by atoms with Crippen LogP contribution in [0.5, 0.6) is 11.5 Å². The number of para-hydroxylation sites is 1. The maximum absolute atomic E-state index is 12.7. The molecule has 0 unspecified atom stereocenters. The first-order valence-corrected chi connectivity index (χ1v) is 10.7. The molecule has 0 radical (unpaired) electrons. The van der Waals surface area contributed by atoms with E-state index in [9.17, 15) is 4.79 Å². The largest absolute Gasteiger partial charge is 0.493 e. The quantitative estimate of drug-likeness (QED) is 0.369. The fourth-order valence-corrected chi connectivity index (χ4v) is 3.56. The average Bonchev–Trinajstić information content (AvgIpc) is 3.40. The number of ether oxygens (including phenoxy) is 3. The summed E-state index contributed by atoms with van der Waals surface area (Å²) in [7, 11) is 3.11. The molecule has 2 aromatic heterocycles. The predicted molar refractivity (Wildman–Crippen MR) is 124 cm³/mol. The van der Waals surface area contributed by atoms with Gasteiger partial charge in [0.2, 0.25) is 5.89 Å². The van der Waals surface area contributed by atoms with Crippen LogP contribution >= 0.6 is 0 Å². The van der Waals surface area contributed by atoms with Gasteiger partial charge in [-0.3, -0.25) is 0 Å². The molecule has 0 saturated carbocycles. The zero-order chi connectivity index (χ0) is 24.4. The summed E-state index contributed by atoms with van der Waals surface area (Å²) in [4.78, 5) is 17.2. The number of methoxy groups -OCH3 is 2. The maximum Gasteiger partial charge on any atom is 0.361 e. The number of rotatable bonds is 7. The number of hydrogen-bond acceptors (Lipinski definition) is 8. The Morgan fingerprint density at radius 1 is 1.03 bits per heavy atom. The molecule has 0 aliphatic rings. The third kappa shape index (κ3) is 4.24. The van der Waals surface area contributed by atoms with Gasteiger partial charge in [0.25, 0.3) is 0 Å². The van der Waals surface area contributed by atoms with E-state index in [2.05, 4.69) is 15.3 Å². The molecule has 0 amide bonds. The van der Waals surface area contributed by atoms with E-state index < -0.39 is 5.97 Å². The summed E-state index contributed by atoms with van der Waals surface area (Å²) in [6.07, 6.45) is 0. The molecule has 34 heavy (non-hydrogen) atoms. The lowest BCUT2D eigenvalue weighted by Crippen LogP contribution is -2.09. The van der Waals surface area contributed by atoms with Gasteiger partial charge in [0.05, 0.1) is 31.2 Å². The molecule has 9 heteroatoms. The highest BCUT2D eigenvalue weighted by atomic mass is 16.5. The summed E-state index contributed by atoms with van der Waals surface area (Å²) in [5.74, 6) is 1.36. The van der Waals surface area contributed by atoms with E-state index in [0.29, 0.717) is 40.1 Å². The summed E-state index contributed by atoms with van der Waals surface area (Å²) in [6.45, 7) is 7.53. The van der Waals surface area contributed by atoms with Gasteiger partial charge in [0.1, 0.15) is 18.1 Å². The Kier molecular flexibility index (Phi) is 6.36. The first kappa shape index (κ1) is 23.0. The first-order chi connectivity index (χ1) is 16.3. The Balaban J connectivity index is 1.52. The Morgan fingerprint density at radius 2 is 1.82 bits per heavy atom. The minimum Gasteiger partial charge on any atom is -0.493 e. The van der Waals surface area contributed by atoms with Gasteiger partial charge in [-0.1, -0.05) is 17.3 Å². The second kappa shape index (κ2) is 9.38. The number of hydrogen-bond donors (Lipinski definition) is 0. The Hall–Kier alpha value is -4.14. The van der Waals surface area contributed by atoms with Crippen molar-refractivity contribution in [2.75, 3.05) is 14.2 Å². The van der Waals surface area contributed by atoms with Crippen molar-refractivity contribution in [3.8, 4) is 28.6 Å². The average molecular weight is 463 g/mol. The number of aromatic nitrogens is 4. The van der Waals surface area contributed by atoms with Gasteiger partial charge in [0.15, 0.2) is 17.2 Å². The van der Waals surface area contributed by atoms with E-state index in [1.54, 1.807) is 38.8 Å². The molecular weight excluding hydrogens is 436 g/mol. The van der Waals surface area contributed by atoms with Crippen LogP contribution in [0.25, 0.3) is 17.1 Å². The molecule has 0 spiro atoms. The van der Waals surface area contributed by atoms with Gasteiger partial charge >= 0.3 is 5.97 Å². The molecule has 0 fully saturated rings. The van der Waals surface area contributed by atoms with Crippen LogP contribution in [-0.4, -0.2) is 40.2 Å². The molecule has 9 nitrogen and oxygen atoms in total. The lowest BCUT2D eigenvalue weighted by molar-refractivity contribution is 0.0459. The number of aryl methyl sites for hydroxylation is 3. The monoisotopic (exact) mass is 462 g/mol. The van der Waals surface area contributed by atoms with Gasteiger partial charge in [-0.05, 0) is 63.1 Å². The molecular formula is C25H26N4O5. The van der Waals surface area contributed by atoms with Gasteiger partial charge in [-0.15, -0.1) is 5.10 Å². The normalized spacial score (nSPS) is 10.9. The van der Waals surface area contributed by atoms with Gasteiger partial charge in [0, 0.05) is 0 Å². The maximum atomic E-state index is 12.7. The summed E-state index contributed by atoms with van der Waals surface area (Å²) in [5, 5.41) is 8.17. The molecule has 0 N–H and O–H groups in total. The molecule has 0 bridgehead atoms. The van der Waals surface area contributed by atoms with Crippen molar-refractivity contribution in [2.45, 2.75) is 34.3 Å². The Labute approximate surface area is 197 Å². The number of benzene rings is 2. The van der Waals surface area contributed by atoms with Crippen molar-refractivity contribution >= 4 is 5.97 Å². The lowest BCUT2D eigenvalue weighted by atomic mass is 10.1. The molecule has 0 saturated heterocycles. The Morgan fingerprint density at radius 3 is 2.53 bits per heavy atom. The van der Waals surface area contributed by atoms with Gasteiger partial charge in [-0.2, -0.15) is 0 Å². The zero-order valence-electron chi connectivity index (χ0n) is 20.0. The van der Waals surface area contributed by atoms with Crippen molar-refractivity contribution in [1.29, 1.82) is 0 Å². The SMILES string of the molecule is COc1cccc(-c2nc(COC(=O)c3nnn(-c4ccc(C)c(C)c4)c3C)c(C)o2)c1OC. The second-order valence-corrected chi connectivity index (χ2v) is 7.84. The lowest BCUT2D eigenvalue weighted by Gasteiger charge is -2.09. The Bertz CT molecular complexity index is 1360. The van der Waals surface area contributed by atoms with E-state index in [1.165, 1.54) is 5.56 Å². The minimum atomic E-state index is -0.588. The molecule has 0 aliphatic heterocycles. The van der Waals surface area contributed by atoms with E-state index >= 15 is 0 Å². The van der Waals surface area contributed by atoms with Crippen molar-refractivity contribution in [3.05, 3.63) is 70.4 Å². The van der Waals surface area contributed by atoms with Gasteiger partial charge in [-0.25, -0.2) is 14.5 Å². The van der Waals surface area contributed by atoms with Crippen molar-refractivity contribution in [1.82, 2.24) is 20.0 Å². The molecule has 4 aromatic rings. The van der Waals surface area contributed by atoms with Crippen molar-refractivity contribution in [3.63, 3.8) is 0 Å². The van der Waals surface area contributed by atoms with Crippen LogP contribution in [0.2, 0.25) is 0 Å². The van der Waals surface area contributed by atoms with Gasteiger partial charge < -0.3 is 18.6 Å². The van der Waals surface area contributed by atoms with E-state index in [4.69, 9.17) is 18.6 Å². The van der Waals surface area contributed by atoms with Crippen LogP contribution in [0.15, 0.2) is 40.8 Å². The molecule has 4 rings (SSSR count). The zero-order valence-corrected chi connectivity index (χ0v) is 20.0. The molecule has 0 atom stereocenters. The third-order valence-electron chi connectivity index (χ3n) is 5.69. The third-order valence-corrected chi connectivity index (χ3v) is 5.69. The van der Waals surface area contributed by atoms with E-state index in [-0.39, 0.29) is 12.3 Å². The summed E-state index contributed by atoms with van der Waals surface area (Å²) >= 11 is 0. The molecule has 2 heterocycles. The molecule has 2 aromatic carbocycles. The number of nitrogens with zero attached hydrogens (tertiary/aromatic N) is 4. The van der Waals surface area contributed by atoms with Crippen LogP contribution in [0.4, 0.5) is 0 Å². The predicted octanol–water partition coefficient (Wildman–Crippen LogP) is 4.53. The van der Waals surface area contributed by atoms with Crippen molar-refractivity contribution < 1.29 is 23.4 Å². The van der Waals surface area contributed by atoms with Crippen LogP contribution in [0, 0.1) is 27.7 Å². The van der Waals surface area contributed by atoms with E-state index in [0.717, 1.165) is 11.3 Å². The smallest absolute Gasteiger partial charge is 0.361 e.